The van der Waals surface area contributed by atoms with Crippen LogP contribution in [0.2, 0.25) is 0 Å². The Hall–Kier alpha value is -0.690. The van der Waals surface area contributed by atoms with Crippen LogP contribution in [0.3, 0.4) is 0 Å². The molecule has 1 fully saturated rings. The van der Waals surface area contributed by atoms with E-state index in [0.29, 0.717) is 18.3 Å². The highest BCUT2D eigenvalue weighted by Gasteiger charge is 2.18. The predicted molar refractivity (Wildman–Crippen MR) is 78.9 cm³/mol. The lowest BCUT2D eigenvalue weighted by Gasteiger charge is -2.26. The number of nitrogens with one attached hydrogen (secondary N) is 1. The molecule has 0 spiro atoms. The van der Waals surface area contributed by atoms with E-state index in [1.165, 1.54) is 12.8 Å². The summed E-state index contributed by atoms with van der Waals surface area (Å²) in [5.74, 6) is 1.99. The molecular formula is C13H25ClN4O2. The van der Waals surface area contributed by atoms with Crippen LogP contribution in [0.15, 0.2) is 4.52 Å². The molecule has 0 aliphatic carbocycles. The van der Waals surface area contributed by atoms with Crippen LogP contribution in [0.5, 0.6) is 0 Å². The monoisotopic (exact) mass is 304 g/mol. The molecule has 2 rings (SSSR count). The number of aromatic nitrogens is 2. The van der Waals surface area contributed by atoms with E-state index in [0.717, 1.165) is 25.6 Å². The van der Waals surface area contributed by atoms with Crippen LogP contribution in [-0.2, 0) is 11.3 Å². The van der Waals surface area contributed by atoms with Crippen molar-refractivity contribution in [3.63, 3.8) is 0 Å². The van der Waals surface area contributed by atoms with Crippen molar-refractivity contribution in [1.29, 1.82) is 0 Å². The lowest BCUT2D eigenvalue weighted by atomic mass is 9.99. The Labute approximate surface area is 126 Å². The van der Waals surface area contributed by atoms with Gasteiger partial charge >= 0.3 is 0 Å². The highest BCUT2D eigenvalue weighted by molar-refractivity contribution is 5.85. The van der Waals surface area contributed by atoms with Crippen LogP contribution in [0.1, 0.15) is 37.6 Å². The molecule has 1 saturated heterocycles. The standard InChI is InChI=1S/C13H24N4O2.ClH/c1-10(18-3)13-15-12(19-16-13)9-17(2)8-11-5-4-6-14-7-11;/h10-11,14H,4-9H2,1-3H3;1H. The van der Waals surface area contributed by atoms with Gasteiger partial charge in [-0.2, -0.15) is 4.98 Å². The third kappa shape index (κ3) is 5.01. The number of methoxy groups -OCH3 is 1. The largest absolute Gasteiger partial charge is 0.374 e. The van der Waals surface area contributed by atoms with E-state index in [1.54, 1.807) is 7.11 Å². The number of piperidine rings is 1. The van der Waals surface area contributed by atoms with Crippen molar-refractivity contribution in [3.05, 3.63) is 11.7 Å². The number of ether oxygens (including phenoxy) is 1. The van der Waals surface area contributed by atoms with Crippen LogP contribution >= 0.6 is 12.4 Å². The lowest BCUT2D eigenvalue weighted by molar-refractivity contribution is 0.109. The van der Waals surface area contributed by atoms with Crippen LogP contribution < -0.4 is 5.32 Å². The molecule has 0 radical (unpaired) electrons. The minimum absolute atomic E-state index is 0. The van der Waals surface area contributed by atoms with Gasteiger partial charge < -0.3 is 14.6 Å². The Morgan fingerprint density at radius 1 is 1.55 bits per heavy atom. The fraction of sp³-hybridized carbons (Fsp3) is 0.846. The van der Waals surface area contributed by atoms with Crippen molar-refractivity contribution in [2.45, 2.75) is 32.4 Å². The lowest BCUT2D eigenvalue weighted by Crippen LogP contribution is -2.36. The zero-order chi connectivity index (χ0) is 13.7. The molecule has 6 nitrogen and oxygen atoms in total. The third-order valence-corrected chi connectivity index (χ3v) is 3.57. The molecule has 0 aromatic carbocycles. The van der Waals surface area contributed by atoms with Crippen LogP contribution in [0.4, 0.5) is 0 Å². The SMILES string of the molecule is COC(C)c1noc(CN(C)CC2CCCNC2)n1.Cl. The normalized spacial score (nSPS) is 20.7. The molecule has 1 aromatic heterocycles. The number of hydrogen-bond acceptors (Lipinski definition) is 6. The molecule has 2 unspecified atom stereocenters. The highest BCUT2D eigenvalue weighted by Crippen LogP contribution is 2.14. The molecule has 1 N–H and O–H groups in total. The van der Waals surface area contributed by atoms with Gasteiger partial charge in [-0.25, -0.2) is 0 Å². The molecule has 0 saturated carbocycles. The fourth-order valence-electron chi connectivity index (χ4n) is 2.42. The molecule has 116 valence electrons. The van der Waals surface area contributed by atoms with Crippen LogP contribution in [0.25, 0.3) is 0 Å². The van der Waals surface area contributed by atoms with Gasteiger partial charge in [-0.05, 0) is 45.8 Å². The summed E-state index contributed by atoms with van der Waals surface area (Å²) in [5, 5.41) is 7.37. The molecule has 2 heterocycles. The van der Waals surface area contributed by atoms with Crippen molar-refractivity contribution in [2.24, 2.45) is 5.92 Å². The first kappa shape index (κ1) is 17.4. The van der Waals surface area contributed by atoms with Crippen molar-refractivity contribution in [1.82, 2.24) is 20.4 Å². The molecular weight excluding hydrogens is 280 g/mol. The summed E-state index contributed by atoms with van der Waals surface area (Å²) in [6.07, 6.45) is 2.45. The summed E-state index contributed by atoms with van der Waals surface area (Å²) in [7, 11) is 3.74. The first-order valence-electron chi connectivity index (χ1n) is 6.93. The number of rotatable bonds is 6. The average molecular weight is 305 g/mol. The molecule has 0 amide bonds. The molecule has 20 heavy (non-hydrogen) atoms. The summed E-state index contributed by atoms with van der Waals surface area (Å²) >= 11 is 0. The zero-order valence-corrected chi connectivity index (χ0v) is 13.3. The second-order valence-electron chi connectivity index (χ2n) is 5.33. The molecule has 1 aliphatic rings. The highest BCUT2D eigenvalue weighted by atomic mass is 35.5. The summed E-state index contributed by atoms with van der Waals surface area (Å²) in [6, 6.07) is 0. The second kappa shape index (κ2) is 8.56. The van der Waals surface area contributed by atoms with Crippen molar-refractivity contribution in [3.8, 4) is 0 Å². The minimum Gasteiger partial charge on any atom is -0.374 e. The number of halogens is 1. The Bertz CT molecular complexity index is 382. The maximum atomic E-state index is 5.25. The van der Waals surface area contributed by atoms with E-state index in [9.17, 15) is 0 Å². The van der Waals surface area contributed by atoms with Gasteiger partial charge in [0, 0.05) is 13.7 Å². The van der Waals surface area contributed by atoms with Gasteiger partial charge in [0.15, 0.2) is 5.82 Å². The fourth-order valence-corrected chi connectivity index (χ4v) is 2.42. The van der Waals surface area contributed by atoms with Gasteiger partial charge in [0.05, 0.1) is 6.54 Å². The van der Waals surface area contributed by atoms with Gasteiger partial charge in [-0.3, -0.25) is 4.90 Å². The van der Waals surface area contributed by atoms with Gasteiger partial charge in [-0.15, -0.1) is 12.4 Å². The Morgan fingerprint density at radius 2 is 2.35 bits per heavy atom. The van der Waals surface area contributed by atoms with Gasteiger partial charge in [0.1, 0.15) is 6.10 Å². The van der Waals surface area contributed by atoms with Gasteiger partial charge in [-0.1, -0.05) is 5.16 Å². The Kier molecular flexibility index (Phi) is 7.43. The maximum Gasteiger partial charge on any atom is 0.240 e. The van der Waals surface area contributed by atoms with Crippen LogP contribution in [0, 0.1) is 5.92 Å². The first-order valence-corrected chi connectivity index (χ1v) is 6.93. The quantitative estimate of drug-likeness (QED) is 0.862. The van der Waals surface area contributed by atoms with E-state index in [4.69, 9.17) is 9.26 Å². The van der Waals surface area contributed by atoms with Gasteiger partial charge in [0.25, 0.3) is 0 Å². The van der Waals surface area contributed by atoms with Crippen molar-refractivity contribution in [2.75, 3.05) is 33.8 Å². The number of hydrogen-bond donors (Lipinski definition) is 1. The van der Waals surface area contributed by atoms with Crippen LogP contribution in [-0.4, -0.2) is 48.8 Å². The van der Waals surface area contributed by atoms with E-state index in [-0.39, 0.29) is 18.5 Å². The van der Waals surface area contributed by atoms with E-state index >= 15 is 0 Å². The zero-order valence-electron chi connectivity index (χ0n) is 12.5. The average Bonchev–Trinajstić information content (AvgIpc) is 2.87. The second-order valence-corrected chi connectivity index (χ2v) is 5.33. The van der Waals surface area contributed by atoms with Gasteiger partial charge in [0.2, 0.25) is 5.89 Å². The summed E-state index contributed by atoms with van der Waals surface area (Å²) in [5.41, 5.74) is 0. The summed E-state index contributed by atoms with van der Waals surface area (Å²) in [6.45, 7) is 5.93. The summed E-state index contributed by atoms with van der Waals surface area (Å²) in [4.78, 5) is 6.60. The molecule has 1 aliphatic heterocycles. The molecule has 1 aromatic rings. The minimum atomic E-state index is -0.120. The topological polar surface area (TPSA) is 63.4 Å². The number of nitrogens with zero attached hydrogens (tertiary/aromatic N) is 3. The molecule has 0 bridgehead atoms. The van der Waals surface area contributed by atoms with E-state index < -0.39 is 0 Å². The van der Waals surface area contributed by atoms with Crippen molar-refractivity contribution >= 4 is 12.4 Å². The maximum absolute atomic E-state index is 5.25. The van der Waals surface area contributed by atoms with Crippen molar-refractivity contribution < 1.29 is 9.26 Å². The molecule has 7 heteroatoms. The Morgan fingerprint density at radius 3 is 3.00 bits per heavy atom. The Balaban J connectivity index is 0.00000200. The predicted octanol–water partition coefficient (Wildman–Crippen LogP) is 1.63. The molecule has 2 atom stereocenters. The van der Waals surface area contributed by atoms with E-state index in [2.05, 4.69) is 27.4 Å². The summed E-state index contributed by atoms with van der Waals surface area (Å²) < 4.78 is 10.4. The third-order valence-electron chi connectivity index (χ3n) is 3.57. The smallest absolute Gasteiger partial charge is 0.240 e. The first-order chi connectivity index (χ1) is 9.19. The van der Waals surface area contributed by atoms with E-state index in [1.807, 2.05) is 6.92 Å².